The normalized spacial score (nSPS) is 10.8. The zero-order valence-electron chi connectivity index (χ0n) is 15.4. The summed E-state index contributed by atoms with van der Waals surface area (Å²) in [6.45, 7) is 6.08. The number of hydrogen-bond acceptors (Lipinski definition) is 4. The summed E-state index contributed by atoms with van der Waals surface area (Å²) in [5.41, 5.74) is 5.28. The van der Waals surface area contributed by atoms with Gasteiger partial charge in [0, 0.05) is 18.3 Å². The summed E-state index contributed by atoms with van der Waals surface area (Å²) < 4.78 is 1.92. The fraction of sp³-hybridized carbons (Fsp3) is 0.250. The van der Waals surface area contributed by atoms with E-state index in [1.807, 2.05) is 62.7 Å². The average molecular weight is 366 g/mol. The standard InChI is InChI=1S/C20H22N4OS/c1-13-6-5-7-16(11-13)19-22-23-20(24(19)4)26-12-18(25)21-17-9-8-14(2)10-15(17)3/h5-11H,12H2,1-4H3,(H,21,25). The van der Waals surface area contributed by atoms with Crippen molar-refractivity contribution in [2.45, 2.75) is 25.9 Å². The highest BCUT2D eigenvalue weighted by Crippen LogP contribution is 2.23. The third kappa shape index (κ3) is 4.14. The van der Waals surface area contributed by atoms with Gasteiger partial charge >= 0.3 is 0 Å². The van der Waals surface area contributed by atoms with Crippen LogP contribution < -0.4 is 5.32 Å². The van der Waals surface area contributed by atoms with E-state index in [0.717, 1.165) is 27.8 Å². The molecule has 1 amide bonds. The van der Waals surface area contributed by atoms with Gasteiger partial charge in [0.1, 0.15) is 0 Å². The Balaban J connectivity index is 1.66. The van der Waals surface area contributed by atoms with Crippen LogP contribution in [0.4, 0.5) is 5.69 Å². The van der Waals surface area contributed by atoms with Crippen LogP contribution in [0.15, 0.2) is 47.6 Å². The van der Waals surface area contributed by atoms with E-state index >= 15 is 0 Å². The number of nitrogens with one attached hydrogen (secondary N) is 1. The Morgan fingerprint density at radius 1 is 1.08 bits per heavy atom. The Labute approximate surface area is 157 Å². The molecule has 0 atom stereocenters. The van der Waals surface area contributed by atoms with E-state index in [0.29, 0.717) is 0 Å². The summed E-state index contributed by atoms with van der Waals surface area (Å²) in [5.74, 6) is 1.03. The third-order valence-electron chi connectivity index (χ3n) is 4.10. The minimum absolute atomic E-state index is 0.0536. The Bertz CT molecular complexity index is 949. The van der Waals surface area contributed by atoms with E-state index < -0.39 is 0 Å². The summed E-state index contributed by atoms with van der Waals surface area (Å²) in [7, 11) is 1.92. The first-order chi connectivity index (χ1) is 12.4. The molecule has 1 heterocycles. The van der Waals surface area contributed by atoms with E-state index in [1.165, 1.54) is 22.9 Å². The first kappa shape index (κ1) is 18.2. The molecule has 5 nitrogen and oxygen atoms in total. The summed E-state index contributed by atoms with van der Waals surface area (Å²) in [6.07, 6.45) is 0. The highest BCUT2D eigenvalue weighted by atomic mass is 32.2. The number of hydrogen-bond donors (Lipinski definition) is 1. The lowest BCUT2D eigenvalue weighted by molar-refractivity contribution is -0.113. The van der Waals surface area contributed by atoms with Crippen LogP contribution in [0.2, 0.25) is 0 Å². The van der Waals surface area contributed by atoms with E-state index in [1.54, 1.807) is 0 Å². The topological polar surface area (TPSA) is 59.8 Å². The fourth-order valence-corrected chi connectivity index (χ4v) is 3.46. The van der Waals surface area contributed by atoms with Gasteiger partial charge in [-0.25, -0.2) is 0 Å². The fourth-order valence-electron chi connectivity index (χ4n) is 2.75. The zero-order valence-corrected chi connectivity index (χ0v) is 16.2. The minimum Gasteiger partial charge on any atom is -0.325 e. The maximum Gasteiger partial charge on any atom is 0.234 e. The smallest absolute Gasteiger partial charge is 0.234 e. The summed E-state index contributed by atoms with van der Waals surface area (Å²) in [4.78, 5) is 12.3. The van der Waals surface area contributed by atoms with Crippen molar-refractivity contribution in [2.75, 3.05) is 11.1 Å². The number of carbonyl (C=O) groups excluding carboxylic acids is 1. The lowest BCUT2D eigenvalue weighted by Gasteiger charge is -2.09. The second-order valence-electron chi connectivity index (χ2n) is 6.39. The lowest BCUT2D eigenvalue weighted by atomic mass is 10.1. The Morgan fingerprint density at radius 3 is 2.58 bits per heavy atom. The molecule has 0 radical (unpaired) electrons. The van der Waals surface area contributed by atoms with Gasteiger partial charge in [-0.05, 0) is 38.5 Å². The van der Waals surface area contributed by atoms with Crippen molar-refractivity contribution in [3.63, 3.8) is 0 Å². The quantitative estimate of drug-likeness (QED) is 0.690. The number of thioether (sulfide) groups is 1. The molecule has 6 heteroatoms. The van der Waals surface area contributed by atoms with E-state index in [-0.39, 0.29) is 11.7 Å². The van der Waals surface area contributed by atoms with Crippen LogP contribution in [0.25, 0.3) is 11.4 Å². The summed E-state index contributed by atoms with van der Waals surface area (Å²) >= 11 is 1.38. The minimum atomic E-state index is -0.0536. The molecule has 0 aliphatic carbocycles. The van der Waals surface area contributed by atoms with Crippen LogP contribution >= 0.6 is 11.8 Å². The molecule has 1 N–H and O–H groups in total. The molecule has 0 spiro atoms. The van der Waals surface area contributed by atoms with Crippen LogP contribution in [-0.4, -0.2) is 26.4 Å². The van der Waals surface area contributed by atoms with Crippen molar-refractivity contribution >= 4 is 23.4 Å². The van der Waals surface area contributed by atoms with Gasteiger partial charge in [0.2, 0.25) is 5.91 Å². The molecule has 2 aromatic carbocycles. The molecule has 1 aromatic heterocycles. The number of aryl methyl sites for hydroxylation is 3. The highest BCUT2D eigenvalue weighted by molar-refractivity contribution is 7.99. The van der Waals surface area contributed by atoms with Crippen molar-refractivity contribution in [2.24, 2.45) is 7.05 Å². The summed E-state index contributed by atoms with van der Waals surface area (Å²) in [6, 6.07) is 14.1. The van der Waals surface area contributed by atoms with Gasteiger partial charge in [-0.15, -0.1) is 10.2 Å². The molecule has 0 aliphatic rings. The molecule has 3 rings (SSSR count). The number of carbonyl (C=O) groups is 1. The predicted molar refractivity (Wildman–Crippen MR) is 106 cm³/mol. The predicted octanol–water partition coefficient (Wildman–Crippen LogP) is 4.14. The Hall–Kier alpha value is -2.60. The molecule has 0 fully saturated rings. The van der Waals surface area contributed by atoms with E-state index in [9.17, 15) is 4.79 Å². The number of rotatable bonds is 5. The maximum atomic E-state index is 12.3. The van der Waals surface area contributed by atoms with Gasteiger partial charge in [0.15, 0.2) is 11.0 Å². The van der Waals surface area contributed by atoms with Crippen molar-refractivity contribution in [1.82, 2.24) is 14.8 Å². The first-order valence-electron chi connectivity index (χ1n) is 8.40. The molecule has 0 saturated carbocycles. The van der Waals surface area contributed by atoms with Crippen molar-refractivity contribution in [3.8, 4) is 11.4 Å². The van der Waals surface area contributed by atoms with Gasteiger partial charge in [-0.1, -0.05) is 53.2 Å². The van der Waals surface area contributed by atoms with Crippen LogP contribution in [-0.2, 0) is 11.8 Å². The highest BCUT2D eigenvalue weighted by Gasteiger charge is 2.13. The Morgan fingerprint density at radius 2 is 1.85 bits per heavy atom. The lowest BCUT2D eigenvalue weighted by Crippen LogP contribution is -2.15. The van der Waals surface area contributed by atoms with Crippen molar-refractivity contribution < 1.29 is 4.79 Å². The van der Waals surface area contributed by atoms with E-state index in [4.69, 9.17) is 0 Å². The van der Waals surface area contributed by atoms with Crippen molar-refractivity contribution in [1.29, 1.82) is 0 Å². The largest absolute Gasteiger partial charge is 0.325 e. The van der Waals surface area contributed by atoms with Crippen molar-refractivity contribution in [3.05, 3.63) is 59.2 Å². The number of amides is 1. The van der Waals surface area contributed by atoms with Gasteiger partial charge in [-0.2, -0.15) is 0 Å². The molecule has 0 bridgehead atoms. The number of benzene rings is 2. The monoisotopic (exact) mass is 366 g/mol. The molecule has 0 aliphatic heterocycles. The van der Waals surface area contributed by atoms with Gasteiger partial charge < -0.3 is 9.88 Å². The number of aromatic nitrogens is 3. The van der Waals surface area contributed by atoms with Gasteiger partial charge in [-0.3, -0.25) is 4.79 Å². The average Bonchev–Trinajstić information content (AvgIpc) is 2.96. The number of anilines is 1. The molecular weight excluding hydrogens is 344 g/mol. The summed E-state index contributed by atoms with van der Waals surface area (Å²) in [5, 5.41) is 12.2. The molecule has 26 heavy (non-hydrogen) atoms. The maximum absolute atomic E-state index is 12.3. The van der Waals surface area contributed by atoms with Gasteiger partial charge in [0.25, 0.3) is 0 Å². The second kappa shape index (κ2) is 7.74. The van der Waals surface area contributed by atoms with Crippen LogP contribution in [0.5, 0.6) is 0 Å². The molecular formula is C20H22N4OS. The van der Waals surface area contributed by atoms with Crippen LogP contribution in [0.3, 0.4) is 0 Å². The van der Waals surface area contributed by atoms with Crippen LogP contribution in [0.1, 0.15) is 16.7 Å². The van der Waals surface area contributed by atoms with Gasteiger partial charge in [0.05, 0.1) is 5.75 Å². The molecule has 0 saturated heterocycles. The molecule has 0 unspecified atom stereocenters. The Kier molecular flexibility index (Phi) is 5.42. The second-order valence-corrected chi connectivity index (χ2v) is 7.33. The first-order valence-corrected chi connectivity index (χ1v) is 9.39. The van der Waals surface area contributed by atoms with Crippen LogP contribution in [0, 0.1) is 20.8 Å². The van der Waals surface area contributed by atoms with E-state index in [2.05, 4.69) is 27.6 Å². The zero-order chi connectivity index (χ0) is 18.7. The number of nitrogens with zero attached hydrogens (tertiary/aromatic N) is 3. The third-order valence-corrected chi connectivity index (χ3v) is 5.12. The molecule has 3 aromatic rings. The SMILES string of the molecule is Cc1cccc(-c2nnc(SCC(=O)Nc3ccc(C)cc3C)n2C)c1. The molecule has 134 valence electrons.